The van der Waals surface area contributed by atoms with Gasteiger partial charge in [-0.2, -0.15) is 0 Å². The van der Waals surface area contributed by atoms with Crippen LogP contribution in [0.2, 0.25) is 0 Å². The molecule has 7 nitrogen and oxygen atoms in total. The van der Waals surface area contributed by atoms with E-state index in [2.05, 4.69) is 4.98 Å². The summed E-state index contributed by atoms with van der Waals surface area (Å²) in [6.45, 7) is 1.44. The van der Waals surface area contributed by atoms with E-state index in [4.69, 9.17) is 9.47 Å². The number of aromatic amines is 1. The molecule has 0 bridgehead atoms. The third kappa shape index (κ3) is 3.92. The second-order valence-electron chi connectivity index (χ2n) is 4.63. The number of H-pyrrole nitrogens is 1. The Hall–Kier alpha value is -0.740. The van der Waals surface area contributed by atoms with Crippen LogP contribution in [0.4, 0.5) is 0 Å². The molecule has 1 aromatic rings. The van der Waals surface area contributed by atoms with Crippen LogP contribution in [0.3, 0.4) is 0 Å². The van der Waals surface area contributed by atoms with Crippen LogP contribution in [0.15, 0.2) is 15.8 Å². The Morgan fingerprint density at radius 1 is 1.57 bits per heavy atom. The lowest BCUT2D eigenvalue weighted by Crippen LogP contribution is -2.33. The minimum atomic E-state index is -0.547. The lowest BCUT2D eigenvalue weighted by atomic mass is 10.2. The van der Waals surface area contributed by atoms with Crippen LogP contribution >= 0.6 is 21.6 Å². The number of nitrogens with one attached hydrogen (secondary N) is 1. The molecule has 2 heterocycles. The molecule has 1 aliphatic rings. The summed E-state index contributed by atoms with van der Waals surface area (Å²) in [6.07, 6.45) is 2.57. The molecule has 2 rings (SSSR count). The van der Waals surface area contributed by atoms with E-state index in [1.807, 2.05) is 6.26 Å². The van der Waals surface area contributed by atoms with Gasteiger partial charge in [0.1, 0.15) is 18.3 Å². The van der Waals surface area contributed by atoms with Crippen molar-refractivity contribution in [2.45, 2.75) is 31.8 Å². The molecule has 1 saturated heterocycles. The lowest BCUT2D eigenvalue weighted by molar-refractivity contribution is -0.0554. The maximum absolute atomic E-state index is 11.9. The number of nitrogens with zero attached hydrogens (tertiary/aromatic N) is 1. The maximum atomic E-state index is 11.9. The first-order valence-electron chi connectivity index (χ1n) is 6.42. The smallest absolute Gasteiger partial charge is 0.330 e. The molecule has 0 radical (unpaired) electrons. The van der Waals surface area contributed by atoms with Crippen molar-refractivity contribution < 1.29 is 14.6 Å². The van der Waals surface area contributed by atoms with Gasteiger partial charge in [0.15, 0.2) is 0 Å². The second kappa shape index (κ2) is 7.50. The van der Waals surface area contributed by atoms with Crippen molar-refractivity contribution in [3.63, 3.8) is 0 Å². The fourth-order valence-electron chi connectivity index (χ4n) is 2.17. The SMILES string of the molecule is CSSCOC1C[C@H](n2cc(C)c(=O)[nH]c2=O)O[C@@H]1CO. The van der Waals surface area contributed by atoms with Gasteiger partial charge in [0.2, 0.25) is 0 Å². The molecule has 1 fully saturated rings. The first-order valence-corrected chi connectivity index (χ1v) is 9.15. The molecule has 1 aromatic heterocycles. The normalized spacial score (nSPS) is 25.4. The number of aryl methyl sites for hydroxylation is 1. The van der Waals surface area contributed by atoms with Crippen molar-refractivity contribution in [3.8, 4) is 0 Å². The Morgan fingerprint density at radius 2 is 2.33 bits per heavy atom. The third-order valence-electron chi connectivity index (χ3n) is 3.26. The number of aromatic nitrogens is 2. The molecule has 0 saturated carbocycles. The van der Waals surface area contributed by atoms with Crippen LogP contribution in [-0.2, 0) is 9.47 Å². The molecule has 21 heavy (non-hydrogen) atoms. The zero-order valence-electron chi connectivity index (χ0n) is 11.8. The average molecular weight is 334 g/mol. The molecule has 0 amide bonds. The Kier molecular flexibility index (Phi) is 5.94. The van der Waals surface area contributed by atoms with Crippen LogP contribution < -0.4 is 11.2 Å². The number of aliphatic hydroxyl groups is 1. The van der Waals surface area contributed by atoms with E-state index < -0.39 is 23.6 Å². The average Bonchev–Trinajstić information content (AvgIpc) is 2.86. The van der Waals surface area contributed by atoms with E-state index in [1.165, 1.54) is 10.8 Å². The Balaban J connectivity index is 2.13. The van der Waals surface area contributed by atoms with Gasteiger partial charge in [0.05, 0.1) is 12.7 Å². The topological polar surface area (TPSA) is 93.6 Å². The standard InChI is InChI=1S/C12H18N2O5S2/c1-7-4-14(12(17)13-11(7)16)10-3-8(9(5-15)19-10)18-6-21-20-2/h4,8-10,15H,3,5-6H2,1-2H3,(H,13,16,17)/t8?,9-,10-/m1/s1. The highest BCUT2D eigenvalue weighted by atomic mass is 33.1. The predicted molar refractivity (Wildman–Crippen MR) is 82.5 cm³/mol. The van der Waals surface area contributed by atoms with Gasteiger partial charge in [-0.05, 0) is 13.2 Å². The van der Waals surface area contributed by atoms with Gasteiger partial charge in [-0.3, -0.25) is 14.3 Å². The van der Waals surface area contributed by atoms with Crippen molar-refractivity contribution in [2.24, 2.45) is 0 Å². The minimum Gasteiger partial charge on any atom is -0.394 e. The van der Waals surface area contributed by atoms with Crippen LogP contribution in [0.1, 0.15) is 18.2 Å². The van der Waals surface area contributed by atoms with E-state index in [9.17, 15) is 14.7 Å². The molecule has 2 N–H and O–H groups in total. The van der Waals surface area contributed by atoms with Crippen molar-refractivity contribution in [3.05, 3.63) is 32.6 Å². The summed E-state index contributed by atoms with van der Waals surface area (Å²) in [7, 11) is 3.14. The highest BCUT2D eigenvalue weighted by molar-refractivity contribution is 8.76. The molecule has 1 unspecified atom stereocenters. The van der Waals surface area contributed by atoms with Gasteiger partial charge in [-0.1, -0.05) is 21.6 Å². The fourth-order valence-corrected chi connectivity index (χ4v) is 2.96. The highest BCUT2D eigenvalue weighted by Crippen LogP contribution is 2.31. The molecule has 3 atom stereocenters. The maximum Gasteiger partial charge on any atom is 0.330 e. The van der Waals surface area contributed by atoms with Gasteiger partial charge in [0, 0.05) is 18.2 Å². The summed E-state index contributed by atoms with van der Waals surface area (Å²) >= 11 is 0. The third-order valence-corrected chi connectivity index (χ3v) is 4.73. The Labute approximate surface area is 129 Å². The molecule has 118 valence electrons. The van der Waals surface area contributed by atoms with Gasteiger partial charge >= 0.3 is 5.69 Å². The first-order chi connectivity index (χ1) is 10.1. The van der Waals surface area contributed by atoms with Crippen molar-refractivity contribution in [2.75, 3.05) is 18.8 Å². The summed E-state index contributed by atoms with van der Waals surface area (Å²) in [5.41, 5.74) is -0.496. The summed E-state index contributed by atoms with van der Waals surface area (Å²) in [5, 5.41) is 9.36. The number of hydrogen-bond donors (Lipinski definition) is 2. The van der Waals surface area contributed by atoms with Crippen LogP contribution in [-0.4, -0.2) is 45.7 Å². The van der Waals surface area contributed by atoms with Crippen molar-refractivity contribution in [1.82, 2.24) is 9.55 Å². The quantitative estimate of drug-likeness (QED) is 0.444. The van der Waals surface area contributed by atoms with Gasteiger partial charge in [-0.15, -0.1) is 0 Å². The largest absolute Gasteiger partial charge is 0.394 e. The molecule has 0 aliphatic carbocycles. The highest BCUT2D eigenvalue weighted by Gasteiger charge is 2.37. The zero-order valence-corrected chi connectivity index (χ0v) is 13.4. The van der Waals surface area contributed by atoms with Crippen LogP contribution in [0.25, 0.3) is 0 Å². The van der Waals surface area contributed by atoms with Crippen LogP contribution in [0.5, 0.6) is 0 Å². The van der Waals surface area contributed by atoms with E-state index in [1.54, 1.807) is 28.5 Å². The van der Waals surface area contributed by atoms with Crippen molar-refractivity contribution >= 4 is 21.6 Å². The van der Waals surface area contributed by atoms with Gasteiger partial charge in [-0.25, -0.2) is 4.79 Å². The van der Waals surface area contributed by atoms with Gasteiger partial charge in [0.25, 0.3) is 5.56 Å². The van der Waals surface area contributed by atoms with E-state index >= 15 is 0 Å². The van der Waals surface area contributed by atoms with E-state index in [0.717, 1.165) is 0 Å². The summed E-state index contributed by atoms with van der Waals surface area (Å²) in [6, 6.07) is 0. The Bertz CT molecular complexity index is 588. The molecular formula is C12H18N2O5S2. The molecular weight excluding hydrogens is 316 g/mol. The molecule has 0 aromatic carbocycles. The molecule has 0 spiro atoms. The summed E-state index contributed by atoms with van der Waals surface area (Å²) in [4.78, 5) is 25.5. The van der Waals surface area contributed by atoms with Crippen LogP contribution in [0, 0.1) is 6.92 Å². The summed E-state index contributed by atoms with van der Waals surface area (Å²) < 4.78 is 12.7. The first kappa shape index (κ1) is 16.6. The number of hydrogen-bond acceptors (Lipinski definition) is 7. The molecule has 9 heteroatoms. The number of aliphatic hydroxyl groups excluding tert-OH is 1. The fraction of sp³-hybridized carbons (Fsp3) is 0.667. The lowest BCUT2D eigenvalue weighted by Gasteiger charge is -2.15. The van der Waals surface area contributed by atoms with E-state index in [0.29, 0.717) is 17.9 Å². The minimum absolute atomic E-state index is 0.178. The van der Waals surface area contributed by atoms with E-state index in [-0.39, 0.29) is 12.7 Å². The van der Waals surface area contributed by atoms with Gasteiger partial charge < -0.3 is 14.6 Å². The zero-order chi connectivity index (χ0) is 15.4. The number of rotatable bonds is 6. The molecule has 1 aliphatic heterocycles. The number of ether oxygens (including phenoxy) is 2. The second-order valence-corrected chi connectivity index (χ2v) is 7.15. The monoisotopic (exact) mass is 334 g/mol. The summed E-state index contributed by atoms with van der Waals surface area (Å²) in [5.74, 6) is 0.484. The Morgan fingerprint density at radius 3 is 3.00 bits per heavy atom. The van der Waals surface area contributed by atoms with Crippen molar-refractivity contribution in [1.29, 1.82) is 0 Å². The predicted octanol–water partition coefficient (Wildman–Crippen LogP) is 0.479.